The van der Waals surface area contributed by atoms with Crippen LogP contribution in [0.3, 0.4) is 0 Å². The number of aromatic nitrogens is 1. The molecular weight excluding hydrogens is 524 g/mol. The molecule has 0 aliphatic carbocycles. The molecule has 4 aromatic rings. The number of hydrogen-bond acceptors (Lipinski definition) is 6. The molecule has 1 N–H and O–H groups in total. The molecule has 0 aliphatic heterocycles. The first-order valence-corrected chi connectivity index (χ1v) is 14.4. The van der Waals surface area contributed by atoms with Crippen LogP contribution in [0.4, 0.5) is 0 Å². The highest BCUT2D eigenvalue weighted by Crippen LogP contribution is 2.34. The fourth-order valence-electron chi connectivity index (χ4n) is 3.75. The molecule has 0 aliphatic rings. The largest absolute Gasteiger partial charge is 0.497 e. The summed E-state index contributed by atoms with van der Waals surface area (Å²) in [5.41, 5.74) is 4.62. The number of pyridine rings is 1. The minimum atomic E-state index is -1.25. The quantitative estimate of drug-likeness (QED) is 0.232. The molecule has 0 saturated carbocycles. The van der Waals surface area contributed by atoms with Gasteiger partial charge in [-0.15, -0.1) is 11.8 Å². The number of hydrogen-bond donors (Lipinski definition) is 1. The predicted molar refractivity (Wildman–Crippen MR) is 151 cm³/mol. The minimum absolute atomic E-state index is 0.126. The van der Waals surface area contributed by atoms with Gasteiger partial charge in [-0.2, -0.15) is 5.26 Å². The Labute approximate surface area is 228 Å². The van der Waals surface area contributed by atoms with Crippen molar-refractivity contribution in [1.82, 2.24) is 4.98 Å². The van der Waals surface area contributed by atoms with Gasteiger partial charge in [0.25, 0.3) is 0 Å². The fourth-order valence-corrected chi connectivity index (χ4v) is 6.19. The van der Waals surface area contributed by atoms with E-state index in [0.717, 1.165) is 28.0 Å². The number of methoxy groups -OCH3 is 1. The molecule has 5 nitrogen and oxygen atoms in total. The van der Waals surface area contributed by atoms with E-state index < -0.39 is 16.9 Å². The second kappa shape index (κ2) is 12.9. The highest BCUT2D eigenvalue weighted by molar-refractivity contribution is 7.99. The molecule has 188 valence electrons. The summed E-state index contributed by atoms with van der Waals surface area (Å²) >= 11 is 7.21. The lowest BCUT2D eigenvalue weighted by atomic mass is 9.99. The Hall–Kier alpha value is -3.15. The molecular formula is C29H25ClN2O3S2. The van der Waals surface area contributed by atoms with Gasteiger partial charge < -0.3 is 9.84 Å². The van der Waals surface area contributed by atoms with Crippen molar-refractivity contribution in [3.63, 3.8) is 0 Å². The number of ether oxygens (including phenoxy) is 1. The Kier molecular flexibility index (Phi) is 9.37. The molecule has 0 unspecified atom stereocenters. The lowest BCUT2D eigenvalue weighted by molar-refractivity contribution is 0.224. The fraction of sp³-hybridized carbons (Fsp3) is 0.172. The number of benzene rings is 3. The summed E-state index contributed by atoms with van der Waals surface area (Å²) in [7, 11) is 0.368. The molecule has 0 fully saturated rings. The van der Waals surface area contributed by atoms with E-state index >= 15 is 0 Å². The standard InChI is InChI=1S/C29H25ClN2O3S2/c1-35-25-13-9-22(10-14-25)28-15-26(21-5-3-2-4-6-21)27(16-31)29(32-28)36-17-24(33)19-37(34)18-20-7-11-23(30)12-8-20/h2-15,24,33H,17-19H2,1H3/t24-,37+/m1/s1. The molecule has 0 amide bonds. The lowest BCUT2D eigenvalue weighted by Crippen LogP contribution is -2.20. The van der Waals surface area contributed by atoms with Crippen molar-refractivity contribution in [2.75, 3.05) is 18.6 Å². The average molecular weight is 549 g/mol. The molecule has 37 heavy (non-hydrogen) atoms. The summed E-state index contributed by atoms with van der Waals surface area (Å²) in [6.07, 6.45) is -0.823. The predicted octanol–water partition coefficient (Wildman–Crippen LogP) is 6.35. The maximum absolute atomic E-state index is 12.6. The van der Waals surface area contributed by atoms with Crippen LogP contribution in [0.25, 0.3) is 22.4 Å². The normalized spacial score (nSPS) is 12.5. The highest BCUT2D eigenvalue weighted by Gasteiger charge is 2.18. The molecule has 8 heteroatoms. The molecule has 0 bridgehead atoms. The maximum atomic E-state index is 12.6. The van der Waals surface area contributed by atoms with Crippen LogP contribution < -0.4 is 4.74 Å². The smallest absolute Gasteiger partial charge is 0.118 e. The Morgan fingerprint density at radius 3 is 2.41 bits per heavy atom. The Balaban J connectivity index is 1.56. The van der Waals surface area contributed by atoms with E-state index in [-0.39, 0.29) is 11.5 Å². The van der Waals surface area contributed by atoms with Gasteiger partial charge in [0.15, 0.2) is 0 Å². The van der Waals surface area contributed by atoms with E-state index in [1.165, 1.54) is 11.8 Å². The summed E-state index contributed by atoms with van der Waals surface area (Å²) in [5.74, 6) is 1.46. The molecule has 4 rings (SSSR count). The summed E-state index contributed by atoms with van der Waals surface area (Å²) in [5, 5.41) is 21.8. The van der Waals surface area contributed by atoms with Gasteiger partial charge in [0.05, 0.1) is 30.2 Å². The zero-order valence-electron chi connectivity index (χ0n) is 20.1. The molecule has 0 radical (unpaired) electrons. The van der Waals surface area contributed by atoms with Crippen LogP contribution in [-0.2, 0) is 16.6 Å². The zero-order valence-corrected chi connectivity index (χ0v) is 22.5. The molecule has 1 aromatic heterocycles. The molecule has 2 atom stereocenters. The van der Waals surface area contributed by atoms with Crippen molar-refractivity contribution in [2.24, 2.45) is 0 Å². The third-order valence-electron chi connectivity index (χ3n) is 5.60. The Morgan fingerprint density at radius 2 is 1.76 bits per heavy atom. The zero-order chi connectivity index (χ0) is 26.2. The summed E-state index contributed by atoms with van der Waals surface area (Å²) in [6, 6.07) is 28.7. The van der Waals surface area contributed by atoms with Gasteiger partial charge in [-0.25, -0.2) is 4.98 Å². The van der Waals surface area contributed by atoms with Crippen LogP contribution in [0.5, 0.6) is 5.75 Å². The number of nitrogens with zero attached hydrogens (tertiary/aromatic N) is 2. The number of aliphatic hydroxyl groups is 1. The van der Waals surface area contributed by atoms with Gasteiger partial charge in [0.2, 0.25) is 0 Å². The van der Waals surface area contributed by atoms with Gasteiger partial charge in [-0.3, -0.25) is 4.21 Å². The van der Waals surface area contributed by atoms with Crippen molar-refractivity contribution >= 4 is 34.2 Å². The van der Waals surface area contributed by atoms with Crippen LogP contribution in [0.15, 0.2) is 90.0 Å². The van der Waals surface area contributed by atoms with Crippen molar-refractivity contribution in [2.45, 2.75) is 16.9 Å². The first-order chi connectivity index (χ1) is 18.0. The summed E-state index contributed by atoms with van der Waals surface area (Å²) < 4.78 is 17.9. The highest BCUT2D eigenvalue weighted by atomic mass is 35.5. The SMILES string of the molecule is COc1ccc(-c2cc(-c3ccccc3)c(C#N)c(SC[C@@H](O)C[S@@](=O)Cc3ccc(Cl)cc3)n2)cc1. The van der Waals surface area contributed by atoms with Crippen LogP contribution in [0.2, 0.25) is 5.02 Å². The second-order valence-corrected chi connectivity index (χ2v) is 11.2. The van der Waals surface area contributed by atoms with Gasteiger partial charge in [-0.05, 0) is 53.6 Å². The van der Waals surface area contributed by atoms with Crippen molar-refractivity contribution in [1.29, 1.82) is 5.26 Å². The Bertz CT molecular complexity index is 1410. The van der Waals surface area contributed by atoms with Crippen LogP contribution >= 0.6 is 23.4 Å². The molecule has 0 saturated heterocycles. The number of halogens is 1. The van der Waals surface area contributed by atoms with Gasteiger partial charge in [0.1, 0.15) is 16.8 Å². The first-order valence-electron chi connectivity index (χ1n) is 11.5. The van der Waals surface area contributed by atoms with Crippen LogP contribution in [-0.4, -0.2) is 39.0 Å². The van der Waals surface area contributed by atoms with Crippen molar-refractivity contribution < 1.29 is 14.1 Å². The van der Waals surface area contributed by atoms with E-state index in [2.05, 4.69) is 6.07 Å². The third-order valence-corrected chi connectivity index (χ3v) is 8.38. The summed E-state index contributed by atoms with van der Waals surface area (Å²) in [4.78, 5) is 4.78. The maximum Gasteiger partial charge on any atom is 0.118 e. The molecule has 3 aromatic carbocycles. The van der Waals surface area contributed by atoms with E-state index in [9.17, 15) is 14.6 Å². The van der Waals surface area contributed by atoms with E-state index in [0.29, 0.717) is 27.1 Å². The van der Waals surface area contributed by atoms with Crippen LogP contribution in [0.1, 0.15) is 11.1 Å². The monoisotopic (exact) mass is 548 g/mol. The third kappa shape index (κ3) is 7.21. The second-order valence-electron chi connectivity index (χ2n) is 8.28. The Morgan fingerprint density at radius 1 is 1.05 bits per heavy atom. The number of thioether (sulfide) groups is 1. The van der Waals surface area contributed by atoms with E-state index in [1.807, 2.05) is 72.8 Å². The van der Waals surface area contributed by atoms with Gasteiger partial charge in [0, 0.05) is 38.5 Å². The van der Waals surface area contributed by atoms with Gasteiger partial charge >= 0.3 is 0 Å². The average Bonchev–Trinajstić information content (AvgIpc) is 2.93. The topological polar surface area (TPSA) is 83.2 Å². The molecule has 1 heterocycles. The number of nitriles is 1. The van der Waals surface area contributed by atoms with Crippen molar-refractivity contribution in [3.05, 3.63) is 101 Å². The number of aliphatic hydroxyl groups excluding tert-OH is 1. The molecule has 0 spiro atoms. The number of rotatable bonds is 10. The minimum Gasteiger partial charge on any atom is -0.497 e. The first kappa shape index (κ1) is 26.9. The van der Waals surface area contributed by atoms with Crippen molar-refractivity contribution in [3.8, 4) is 34.2 Å². The van der Waals surface area contributed by atoms with E-state index in [1.54, 1.807) is 19.2 Å². The van der Waals surface area contributed by atoms with Gasteiger partial charge in [-0.1, -0.05) is 54.1 Å². The lowest BCUT2D eigenvalue weighted by Gasteiger charge is -2.14. The van der Waals surface area contributed by atoms with E-state index in [4.69, 9.17) is 21.3 Å². The van der Waals surface area contributed by atoms with Crippen LogP contribution in [0, 0.1) is 11.3 Å². The summed E-state index contributed by atoms with van der Waals surface area (Å²) in [6.45, 7) is 0.